The van der Waals surface area contributed by atoms with Gasteiger partial charge in [0, 0.05) is 26.2 Å². The molecule has 0 aliphatic rings. The topological polar surface area (TPSA) is 100 Å². The second kappa shape index (κ2) is 11.9. The summed E-state index contributed by atoms with van der Waals surface area (Å²) in [7, 11) is 1.50. The normalized spacial score (nSPS) is 12.6. The summed E-state index contributed by atoms with van der Waals surface area (Å²) < 4.78 is 10.1. The van der Waals surface area contributed by atoms with Crippen molar-refractivity contribution in [3.8, 4) is 0 Å². The molecular formula is C17H35N3O5. The van der Waals surface area contributed by atoms with Gasteiger partial charge in [0.05, 0.1) is 19.3 Å². The molecule has 0 heterocycles. The number of carbonyl (C=O) groups is 2. The lowest BCUT2D eigenvalue weighted by molar-refractivity contribution is 0.0442. The van der Waals surface area contributed by atoms with Crippen LogP contribution in [0.2, 0.25) is 0 Å². The molecule has 0 bridgehead atoms. The van der Waals surface area contributed by atoms with Crippen LogP contribution in [0.25, 0.3) is 0 Å². The van der Waals surface area contributed by atoms with Crippen LogP contribution in [0.3, 0.4) is 0 Å². The Kier molecular flexibility index (Phi) is 11.2. The third-order valence-electron chi connectivity index (χ3n) is 3.01. The van der Waals surface area contributed by atoms with Crippen molar-refractivity contribution in [2.45, 2.75) is 65.2 Å². The number of nitrogens with one attached hydrogen (secondary N) is 2. The van der Waals surface area contributed by atoms with Crippen molar-refractivity contribution in [2.75, 3.05) is 33.4 Å². The predicted molar refractivity (Wildman–Crippen MR) is 96.6 cm³/mol. The minimum absolute atomic E-state index is 0.0170. The summed E-state index contributed by atoms with van der Waals surface area (Å²) >= 11 is 0. The summed E-state index contributed by atoms with van der Waals surface area (Å²) in [6, 6.07) is -0.200. The maximum Gasteiger partial charge on any atom is 0.407 e. The van der Waals surface area contributed by atoms with Crippen LogP contribution in [0.1, 0.15) is 47.5 Å². The van der Waals surface area contributed by atoms with E-state index in [9.17, 15) is 14.7 Å². The van der Waals surface area contributed by atoms with Crippen molar-refractivity contribution in [1.82, 2.24) is 15.5 Å². The zero-order valence-electron chi connectivity index (χ0n) is 16.4. The molecule has 0 rings (SSSR count). The molecule has 0 saturated carbocycles. The van der Waals surface area contributed by atoms with Crippen LogP contribution in [0.15, 0.2) is 0 Å². The first kappa shape index (κ1) is 23.5. The Bertz CT molecular complexity index is 396. The zero-order valence-corrected chi connectivity index (χ0v) is 16.4. The van der Waals surface area contributed by atoms with Gasteiger partial charge < -0.3 is 30.1 Å². The highest BCUT2D eigenvalue weighted by Crippen LogP contribution is 2.06. The van der Waals surface area contributed by atoms with Gasteiger partial charge in [-0.25, -0.2) is 9.59 Å². The van der Waals surface area contributed by atoms with Crippen molar-refractivity contribution in [3.05, 3.63) is 0 Å². The summed E-state index contributed by atoms with van der Waals surface area (Å²) in [6.07, 6.45) is 0.215. The lowest BCUT2D eigenvalue weighted by atomic mass is 10.2. The molecule has 0 aromatic heterocycles. The van der Waals surface area contributed by atoms with Gasteiger partial charge in [-0.2, -0.15) is 0 Å². The number of methoxy groups -OCH3 is 1. The first-order chi connectivity index (χ1) is 11.5. The molecule has 148 valence electrons. The number of hydrogen-bond donors (Lipinski definition) is 3. The first-order valence-corrected chi connectivity index (χ1v) is 8.74. The number of hydrogen-bond acceptors (Lipinski definition) is 5. The van der Waals surface area contributed by atoms with Crippen molar-refractivity contribution in [3.63, 3.8) is 0 Å². The van der Waals surface area contributed by atoms with E-state index < -0.39 is 17.8 Å². The van der Waals surface area contributed by atoms with E-state index in [4.69, 9.17) is 9.47 Å². The number of amides is 3. The molecule has 0 aliphatic heterocycles. The van der Waals surface area contributed by atoms with E-state index in [0.717, 1.165) is 0 Å². The highest BCUT2D eigenvalue weighted by Gasteiger charge is 2.18. The number of rotatable bonds is 10. The van der Waals surface area contributed by atoms with Gasteiger partial charge in [-0.3, -0.25) is 0 Å². The molecule has 0 radical (unpaired) electrons. The second-order valence-electron chi connectivity index (χ2n) is 7.30. The van der Waals surface area contributed by atoms with Crippen molar-refractivity contribution >= 4 is 12.1 Å². The maximum absolute atomic E-state index is 12.2. The van der Waals surface area contributed by atoms with E-state index in [1.54, 1.807) is 4.90 Å². The van der Waals surface area contributed by atoms with Gasteiger partial charge in [0.2, 0.25) is 0 Å². The van der Waals surface area contributed by atoms with Gasteiger partial charge in [-0.15, -0.1) is 0 Å². The van der Waals surface area contributed by atoms with E-state index in [2.05, 4.69) is 10.6 Å². The number of aliphatic hydroxyl groups is 1. The number of carbonyl (C=O) groups excluding carboxylic acids is 2. The number of urea groups is 1. The fourth-order valence-corrected chi connectivity index (χ4v) is 2.05. The third kappa shape index (κ3) is 13.4. The van der Waals surface area contributed by atoms with Crippen molar-refractivity contribution in [1.29, 1.82) is 0 Å². The van der Waals surface area contributed by atoms with Gasteiger partial charge in [0.15, 0.2) is 0 Å². The maximum atomic E-state index is 12.2. The highest BCUT2D eigenvalue weighted by atomic mass is 16.6. The Morgan fingerprint density at radius 3 is 2.36 bits per heavy atom. The molecule has 0 fully saturated rings. The standard InChI is InChI=1S/C17H35N3O5/c1-13(2)19-15(22)20(11-14(21)12-24-6)10-8-7-9-18-16(23)25-17(3,4)5/h13-14,21H,7-12H2,1-6H3,(H,18,23)(H,19,22)/t14-/m1/s1. The predicted octanol–water partition coefficient (Wildman–Crippen LogP) is 1.72. The molecule has 0 aromatic carbocycles. The van der Waals surface area contributed by atoms with E-state index in [1.807, 2.05) is 34.6 Å². The molecular weight excluding hydrogens is 326 g/mol. The van der Waals surface area contributed by atoms with Crippen LogP contribution in [-0.2, 0) is 9.47 Å². The van der Waals surface area contributed by atoms with Gasteiger partial charge in [0.25, 0.3) is 0 Å². The largest absolute Gasteiger partial charge is 0.444 e. The van der Waals surface area contributed by atoms with Crippen LogP contribution < -0.4 is 10.6 Å². The quantitative estimate of drug-likeness (QED) is 0.515. The summed E-state index contributed by atoms with van der Waals surface area (Å²) in [4.78, 5) is 25.3. The van der Waals surface area contributed by atoms with Crippen molar-refractivity contribution in [2.24, 2.45) is 0 Å². The van der Waals surface area contributed by atoms with Gasteiger partial charge >= 0.3 is 12.1 Å². The SMILES string of the molecule is COC[C@H](O)CN(CCCCNC(=O)OC(C)(C)C)C(=O)NC(C)C. The Morgan fingerprint density at radius 2 is 1.84 bits per heavy atom. The van der Waals surface area contributed by atoms with E-state index in [1.165, 1.54) is 7.11 Å². The Labute approximate surface area is 151 Å². The Hall–Kier alpha value is -1.54. The smallest absolute Gasteiger partial charge is 0.407 e. The van der Waals surface area contributed by atoms with Gasteiger partial charge in [-0.1, -0.05) is 0 Å². The lowest BCUT2D eigenvalue weighted by Crippen LogP contribution is -2.47. The Balaban J connectivity index is 4.24. The summed E-state index contributed by atoms with van der Waals surface area (Å²) in [6.45, 7) is 10.5. The molecule has 1 atom stereocenters. The fourth-order valence-electron chi connectivity index (χ4n) is 2.05. The van der Waals surface area contributed by atoms with Crippen LogP contribution in [0, 0.1) is 0 Å². The summed E-state index contributed by atoms with van der Waals surface area (Å²) in [5.41, 5.74) is -0.521. The monoisotopic (exact) mass is 361 g/mol. The Morgan fingerprint density at radius 1 is 1.20 bits per heavy atom. The highest BCUT2D eigenvalue weighted by molar-refractivity contribution is 5.74. The van der Waals surface area contributed by atoms with Crippen LogP contribution in [0.5, 0.6) is 0 Å². The average molecular weight is 361 g/mol. The van der Waals surface area contributed by atoms with Gasteiger partial charge in [0.1, 0.15) is 5.60 Å². The zero-order chi connectivity index (χ0) is 19.5. The molecule has 0 aliphatic carbocycles. The molecule has 25 heavy (non-hydrogen) atoms. The minimum Gasteiger partial charge on any atom is -0.444 e. The molecule has 3 N–H and O–H groups in total. The molecule has 8 nitrogen and oxygen atoms in total. The summed E-state index contributed by atoms with van der Waals surface area (Å²) in [5, 5.41) is 15.4. The van der Waals surface area contributed by atoms with Gasteiger partial charge in [-0.05, 0) is 47.5 Å². The number of aliphatic hydroxyl groups excluding tert-OH is 1. The number of unbranched alkanes of at least 4 members (excludes halogenated alkanes) is 1. The number of ether oxygens (including phenoxy) is 2. The van der Waals surface area contributed by atoms with Crippen LogP contribution >= 0.6 is 0 Å². The lowest BCUT2D eigenvalue weighted by Gasteiger charge is -2.26. The molecule has 3 amide bonds. The third-order valence-corrected chi connectivity index (χ3v) is 3.01. The summed E-state index contributed by atoms with van der Waals surface area (Å²) in [5.74, 6) is 0. The molecule has 0 spiro atoms. The van der Waals surface area contributed by atoms with Crippen molar-refractivity contribution < 1.29 is 24.2 Å². The van der Waals surface area contributed by atoms with Crippen LogP contribution in [-0.4, -0.2) is 73.2 Å². The van der Waals surface area contributed by atoms with E-state index >= 15 is 0 Å². The first-order valence-electron chi connectivity index (χ1n) is 8.74. The van der Waals surface area contributed by atoms with E-state index in [-0.39, 0.29) is 25.2 Å². The molecule has 0 saturated heterocycles. The fraction of sp³-hybridized carbons (Fsp3) is 0.882. The number of nitrogens with zero attached hydrogens (tertiary/aromatic N) is 1. The minimum atomic E-state index is -0.734. The molecule has 0 unspecified atom stereocenters. The molecule has 0 aromatic rings. The van der Waals surface area contributed by atoms with E-state index in [0.29, 0.717) is 25.9 Å². The second-order valence-corrected chi connectivity index (χ2v) is 7.30. The van der Waals surface area contributed by atoms with Crippen LogP contribution in [0.4, 0.5) is 9.59 Å². The average Bonchev–Trinajstić information content (AvgIpc) is 2.43. The molecule has 8 heteroatoms. The number of alkyl carbamates (subject to hydrolysis) is 1.